The van der Waals surface area contributed by atoms with Crippen LogP contribution >= 0.6 is 23.4 Å². The highest BCUT2D eigenvalue weighted by molar-refractivity contribution is 7.99. The number of carbonyl (C=O) groups excluding carboxylic acids is 2. The molecule has 0 saturated heterocycles. The average Bonchev–Trinajstić information content (AvgIpc) is 3.27. The summed E-state index contributed by atoms with van der Waals surface area (Å²) in [7, 11) is 0. The van der Waals surface area contributed by atoms with Gasteiger partial charge in [0.15, 0.2) is 0 Å². The van der Waals surface area contributed by atoms with Crippen molar-refractivity contribution in [1.82, 2.24) is 10.2 Å². The Kier molecular flexibility index (Phi) is 8.85. The Balaban J connectivity index is 1.64. The summed E-state index contributed by atoms with van der Waals surface area (Å²) in [5, 5.41) is 3.85. The fourth-order valence-electron chi connectivity index (χ4n) is 3.80. The fourth-order valence-corrected chi connectivity index (χ4v) is 4.76. The molecule has 1 aliphatic rings. The Bertz CT molecular complexity index is 864. The molecule has 31 heavy (non-hydrogen) atoms. The number of carbonyl (C=O) groups is 2. The quantitative estimate of drug-likeness (QED) is 0.497. The number of hydrogen-bond donors (Lipinski definition) is 1. The second-order valence-electron chi connectivity index (χ2n) is 8.23. The van der Waals surface area contributed by atoms with Crippen molar-refractivity contribution in [2.24, 2.45) is 0 Å². The Hall–Kier alpha value is -1.98. The third-order valence-corrected chi connectivity index (χ3v) is 7.01. The Labute approximate surface area is 194 Å². The lowest BCUT2D eigenvalue weighted by molar-refractivity contribution is -0.140. The molecule has 3 rings (SSSR count). The van der Waals surface area contributed by atoms with Gasteiger partial charge in [-0.15, -0.1) is 11.8 Å². The summed E-state index contributed by atoms with van der Waals surface area (Å²) in [4.78, 5) is 28.8. The molecule has 166 valence electrons. The van der Waals surface area contributed by atoms with Crippen LogP contribution in [0.15, 0.2) is 53.4 Å². The summed E-state index contributed by atoms with van der Waals surface area (Å²) >= 11 is 7.56. The average molecular weight is 459 g/mol. The largest absolute Gasteiger partial charge is 0.352 e. The molecule has 0 aliphatic heterocycles. The van der Waals surface area contributed by atoms with E-state index < -0.39 is 6.04 Å². The van der Waals surface area contributed by atoms with E-state index in [9.17, 15) is 9.59 Å². The second kappa shape index (κ2) is 11.6. The molecule has 1 N–H and O–H groups in total. The Morgan fingerprint density at radius 3 is 2.39 bits per heavy atom. The van der Waals surface area contributed by atoms with Gasteiger partial charge in [-0.3, -0.25) is 9.59 Å². The van der Waals surface area contributed by atoms with Crippen LogP contribution in [-0.4, -0.2) is 34.6 Å². The molecular formula is C25H31ClN2O2S. The van der Waals surface area contributed by atoms with Gasteiger partial charge in [0.2, 0.25) is 11.8 Å². The number of nitrogens with zero attached hydrogens (tertiary/aromatic N) is 1. The number of rotatable bonds is 9. The molecule has 2 aromatic carbocycles. The maximum Gasteiger partial charge on any atom is 0.242 e. The van der Waals surface area contributed by atoms with Crippen molar-refractivity contribution in [3.8, 4) is 0 Å². The van der Waals surface area contributed by atoms with Crippen molar-refractivity contribution < 1.29 is 9.59 Å². The minimum absolute atomic E-state index is 0.00360. The molecule has 2 amide bonds. The van der Waals surface area contributed by atoms with E-state index in [1.807, 2.05) is 62.4 Å². The third-order valence-electron chi connectivity index (χ3n) is 5.74. The molecule has 1 aliphatic carbocycles. The highest BCUT2D eigenvalue weighted by Crippen LogP contribution is 2.22. The molecule has 0 unspecified atom stereocenters. The molecule has 0 spiro atoms. The van der Waals surface area contributed by atoms with Gasteiger partial charge >= 0.3 is 0 Å². The number of thioether (sulfide) groups is 1. The first-order valence-electron chi connectivity index (χ1n) is 11.0. The first-order valence-corrected chi connectivity index (χ1v) is 12.3. The maximum absolute atomic E-state index is 13.2. The van der Waals surface area contributed by atoms with Gasteiger partial charge in [0.25, 0.3) is 0 Å². The first-order chi connectivity index (χ1) is 14.9. The standard InChI is InChI=1S/C25H31ClN2O2S/c1-18-7-9-20(10-8-18)17-28(19(2)25(30)27-22-5-3-4-6-22)24(29)15-16-31-23-13-11-21(26)12-14-23/h7-14,19,22H,3-6,15-17H2,1-2H3,(H,27,30)/t19-/m1/s1. The summed E-state index contributed by atoms with van der Waals surface area (Å²) in [6, 6.07) is 15.5. The molecule has 0 heterocycles. The lowest BCUT2D eigenvalue weighted by atomic mass is 10.1. The van der Waals surface area contributed by atoms with Crippen molar-refractivity contribution >= 4 is 35.2 Å². The molecular weight excluding hydrogens is 428 g/mol. The van der Waals surface area contributed by atoms with Gasteiger partial charge in [-0.2, -0.15) is 0 Å². The number of halogens is 1. The summed E-state index contributed by atoms with van der Waals surface area (Å²) in [5.74, 6) is 0.593. The number of aryl methyl sites for hydroxylation is 1. The van der Waals surface area contributed by atoms with Crippen molar-refractivity contribution in [3.63, 3.8) is 0 Å². The smallest absolute Gasteiger partial charge is 0.242 e. The van der Waals surface area contributed by atoms with Crippen LogP contribution in [-0.2, 0) is 16.1 Å². The summed E-state index contributed by atoms with van der Waals surface area (Å²) < 4.78 is 0. The van der Waals surface area contributed by atoms with Crippen molar-refractivity contribution in [2.75, 3.05) is 5.75 Å². The van der Waals surface area contributed by atoms with Gasteiger partial charge in [0.05, 0.1) is 0 Å². The predicted molar refractivity (Wildman–Crippen MR) is 128 cm³/mol. The highest BCUT2D eigenvalue weighted by atomic mass is 35.5. The van der Waals surface area contributed by atoms with Crippen molar-refractivity contribution in [2.45, 2.75) is 69.5 Å². The van der Waals surface area contributed by atoms with Crippen LogP contribution in [0.1, 0.15) is 50.2 Å². The van der Waals surface area contributed by atoms with Crippen LogP contribution in [0.3, 0.4) is 0 Å². The van der Waals surface area contributed by atoms with Gasteiger partial charge in [-0.05, 0) is 56.5 Å². The first kappa shape index (κ1) is 23.7. The maximum atomic E-state index is 13.2. The lowest BCUT2D eigenvalue weighted by Crippen LogP contribution is -2.49. The summed E-state index contributed by atoms with van der Waals surface area (Å²) in [6.45, 7) is 4.31. The normalized spacial score (nSPS) is 14.9. The summed E-state index contributed by atoms with van der Waals surface area (Å²) in [5.41, 5.74) is 2.21. The second-order valence-corrected chi connectivity index (χ2v) is 9.83. The van der Waals surface area contributed by atoms with Crippen LogP contribution < -0.4 is 5.32 Å². The van der Waals surface area contributed by atoms with Crippen molar-refractivity contribution in [3.05, 3.63) is 64.7 Å². The molecule has 6 heteroatoms. The van der Waals surface area contributed by atoms with E-state index in [0.29, 0.717) is 23.7 Å². The van der Waals surface area contributed by atoms with Crippen LogP contribution in [0.4, 0.5) is 0 Å². The van der Waals surface area contributed by atoms with Crippen LogP contribution in [0, 0.1) is 6.92 Å². The van der Waals surface area contributed by atoms with Gasteiger partial charge in [-0.25, -0.2) is 0 Å². The van der Waals surface area contributed by atoms with Gasteiger partial charge < -0.3 is 10.2 Å². The van der Waals surface area contributed by atoms with Crippen molar-refractivity contribution in [1.29, 1.82) is 0 Å². The zero-order valence-corrected chi connectivity index (χ0v) is 19.8. The van der Waals surface area contributed by atoms with E-state index >= 15 is 0 Å². The number of amides is 2. The lowest BCUT2D eigenvalue weighted by Gasteiger charge is -2.30. The molecule has 0 bridgehead atoms. The van der Waals surface area contributed by atoms with E-state index in [0.717, 1.165) is 36.1 Å². The van der Waals surface area contributed by atoms with Gasteiger partial charge in [0.1, 0.15) is 6.04 Å². The number of benzene rings is 2. The highest BCUT2D eigenvalue weighted by Gasteiger charge is 2.28. The van der Waals surface area contributed by atoms with E-state index in [-0.39, 0.29) is 17.9 Å². The van der Waals surface area contributed by atoms with Gasteiger partial charge in [0, 0.05) is 34.7 Å². The van der Waals surface area contributed by atoms with E-state index in [2.05, 4.69) is 5.32 Å². The molecule has 1 saturated carbocycles. The predicted octanol–water partition coefficient (Wildman–Crippen LogP) is 5.61. The number of hydrogen-bond acceptors (Lipinski definition) is 3. The monoisotopic (exact) mass is 458 g/mol. The zero-order valence-electron chi connectivity index (χ0n) is 18.3. The van der Waals surface area contributed by atoms with E-state index in [4.69, 9.17) is 11.6 Å². The Morgan fingerprint density at radius 1 is 1.10 bits per heavy atom. The number of nitrogens with one attached hydrogen (secondary N) is 1. The minimum atomic E-state index is -0.505. The molecule has 2 aromatic rings. The third kappa shape index (κ3) is 7.29. The van der Waals surface area contributed by atoms with E-state index in [1.54, 1.807) is 16.7 Å². The van der Waals surface area contributed by atoms with Crippen LogP contribution in [0.5, 0.6) is 0 Å². The van der Waals surface area contributed by atoms with Gasteiger partial charge in [-0.1, -0.05) is 54.3 Å². The molecule has 0 radical (unpaired) electrons. The molecule has 1 atom stereocenters. The summed E-state index contributed by atoms with van der Waals surface area (Å²) in [6.07, 6.45) is 4.75. The fraction of sp³-hybridized carbons (Fsp3) is 0.440. The molecule has 4 nitrogen and oxygen atoms in total. The van der Waals surface area contributed by atoms with Crippen LogP contribution in [0.2, 0.25) is 5.02 Å². The SMILES string of the molecule is Cc1ccc(CN(C(=O)CCSc2ccc(Cl)cc2)[C@H](C)C(=O)NC2CCCC2)cc1. The zero-order chi connectivity index (χ0) is 22.2. The Morgan fingerprint density at radius 2 is 1.74 bits per heavy atom. The minimum Gasteiger partial charge on any atom is -0.352 e. The topological polar surface area (TPSA) is 49.4 Å². The van der Waals surface area contributed by atoms with Crippen LogP contribution in [0.25, 0.3) is 0 Å². The molecule has 0 aromatic heterocycles. The van der Waals surface area contributed by atoms with E-state index in [1.165, 1.54) is 5.56 Å². The molecule has 1 fully saturated rings.